The van der Waals surface area contributed by atoms with E-state index in [2.05, 4.69) is 54.0 Å². The van der Waals surface area contributed by atoms with Gasteiger partial charge in [0.2, 0.25) is 0 Å². The van der Waals surface area contributed by atoms with Gasteiger partial charge < -0.3 is 4.74 Å². The summed E-state index contributed by atoms with van der Waals surface area (Å²) in [4.78, 5) is 0. The molecule has 1 aliphatic rings. The SMILES string of the molecule is COC1C(c2ccc(Br)cc2)SSC1(C)C. The molecule has 1 fully saturated rings. The van der Waals surface area contributed by atoms with Crippen molar-refractivity contribution in [2.45, 2.75) is 29.9 Å². The maximum atomic E-state index is 5.67. The largest absolute Gasteiger partial charge is 0.378 e. The highest BCUT2D eigenvalue weighted by Crippen LogP contribution is 2.58. The molecule has 0 aliphatic carbocycles. The summed E-state index contributed by atoms with van der Waals surface area (Å²) in [6.07, 6.45) is 0.267. The van der Waals surface area contributed by atoms with Crippen LogP contribution in [-0.2, 0) is 4.74 Å². The number of ether oxygens (including phenoxy) is 1. The highest BCUT2D eigenvalue weighted by molar-refractivity contribution is 9.10. The molecule has 2 unspecified atom stereocenters. The van der Waals surface area contributed by atoms with Crippen LogP contribution in [0.25, 0.3) is 0 Å². The van der Waals surface area contributed by atoms with E-state index in [-0.39, 0.29) is 10.9 Å². The number of hydrogen-bond acceptors (Lipinski definition) is 3. The van der Waals surface area contributed by atoms with Crippen LogP contribution >= 0.6 is 37.5 Å². The molecule has 2 rings (SSSR count). The molecule has 0 N–H and O–H groups in total. The van der Waals surface area contributed by atoms with E-state index >= 15 is 0 Å². The molecule has 0 saturated carbocycles. The summed E-state index contributed by atoms with van der Waals surface area (Å²) in [6.45, 7) is 4.50. The number of benzene rings is 1. The minimum Gasteiger partial charge on any atom is -0.378 e. The van der Waals surface area contributed by atoms with Crippen molar-refractivity contribution in [1.82, 2.24) is 0 Å². The summed E-state index contributed by atoms with van der Waals surface area (Å²) in [5, 5.41) is 0.429. The fourth-order valence-corrected chi connectivity index (χ4v) is 5.75. The highest BCUT2D eigenvalue weighted by Gasteiger charge is 2.44. The first kappa shape index (κ1) is 12.8. The summed E-state index contributed by atoms with van der Waals surface area (Å²) in [5.41, 5.74) is 1.35. The third kappa shape index (κ3) is 2.45. The lowest BCUT2D eigenvalue weighted by Gasteiger charge is -2.26. The van der Waals surface area contributed by atoms with Crippen LogP contribution in [0.15, 0.2) is 28.7 Å². The van der Waals surface area contributed by atoms with E-state index < -0.39 is 0 Å². The Morgan fingerprint density at radius 3 is 2.44 bits per heavy atom. The summed E-state index contributed by atoms with van der Waals surface area (Å²) in [7, 11) is 5.65. The Labute approximate surface area is 113 Å². The third-order valence-electron chi connectivity index (χ3n) is 2.78. The molecule has 0 radical (unpaired) electrons. The third-order valence-corrected chi connectivity index (χ3v) is 6.99. The molecule has 88 valence electrons. The van der Waals surface area contributed by atoms with Crippen molar-refractivity contribution in [3.63, 3.8) is 0 Å². The molecule has 1 aromatic rings. The van der Waals surface area contributed by atoms with Crippen molar-refractivity contribution >= 4 is 37.5 Å². The van der Waals surface area contributed by atoms with E-state index in [0.717, 1.165) is 4.47 Å². The Bertz CT molecular complexity index is 364. The smallest absolute Gasteiger partial charge is 0.0888 e. The van der Waals surface area contributed by atoms with E-state index in [0.29, 0.717) is 5.25 Å². The zero-order valence-corrected chi connectivity index (χ0v) is 12.8. The van der Waals surface area contributed by atoms with Crippen molar-refractivity contribution in [1.29, 1.82) is 0 Å². The van der Waals surface area contributed by atoms with Crippen LogP contribution in [0, 0.1) is 0 Å². The summed E-state index contributed by atoms with van der Waals surface area (Å²) >= 11 is 3.47. The predicted octanol–water partition coefficient (Wildman–Crippen LogP) is 4.68. The zero-order chi connectivity index (χ0) is 11.8. The first-order valence-electron chi connectivity index (χ1n) is 5.17. The standard InChI is InChI=1S/C12H15BrOS2/c1-12(2)11(14-3)10(15-16-12)8-4-6-9(13)7-5-8/h4-7,10-11H,1-3H3. The first-order chi connectivity index (χ1) is 7.54. The number of rotatable bonds is 2. The molecule has 0 amide bonds. The van der Waals surface area contributed by atoms with Crippen LogP contribution in [0.2, 0.25) is 0 Å². The Balaban J connectivity index is 2.25. The minimum atomic E-state index is 0.178. The molecular weight excluding hydrogens is 304 g/mol. The van der Waals surface area contributed by atoms with E-state index in [1.165, 1.54) is 5.56 Å². The van der Waals surface area contributed by atoms with E-state index in [4.69, 9.17) is 4.74 Å². The topological polar surface area (TPSA) is 9.23 Å². The Kier molecular flexibility index (Phi) is 3.94. The molecule has 1 aliphatic heterocycles. The van der Waals surface area contributed by atoms with Crippen molar-refractivity contribution < 1.29 is 4.74 Å². The molecular formula is C12H15BrOS2. The predicted molar refractivity (Wildman–Crippen MR) is 76.9 cm³/mol. The number of methoxy groups -OCH3 is 1. The van der Waals surface area contributed by atoms with Gasteiger partial charge in [0.1, 0.15) is 0 Å². The van der Waals surface area contributed by atoms with Crippen LogP contribution < -0.4 is 0 Å². The van der Waals surface area contributed by atoms with Gasteiger partial charge in [0.05, 0.1) is 11.4 Å². The summed E-state index contributed by atoms with van der Waals surface area (Å²) in [5.74, 6) is 0. The second-order valence-corrected chi connectivity index (χ2v) is 8.32. The Morgan fingerprint density at radius 1 is 1.25 bits per heavy atom. The second-order valence-electron chi connectivity index (χ2n) is 4.41. The van der Waals surface area contributed by atoms with E-state index in [1.54, 1.807) is 0 Å². The van der Waals surface area contributed by atoms with Gasteiger partial charge >= 0.3 is 0 Å². The molecule has 1 saturated heterocycles. The normalized spacial score (nSPS) is 28.2. The van der Waals surface area contributed by atoms with Gasteiger partial charge in [-0.15, -0.1) is 0 Å². The molecule has 1 nitrogen and oxygen atoms in total. The van der Waals surface area contributed by atoms with Gasteiger partial charge in [-0.05, 0) is 31.5 Å². The number of halogens is 1. The molecule has 0 aromatic heterocycles. The van der Waals surface area contributed by atoms with E-state index in [9.17, 15) is 0 Å². The quantitative estimate of drug-likeness (QED) is 0.733. The first-order valence-corrected chi connectivity index (χ1v) is 8.18. The van der Waals surface area contributed by atoms with Crippen LogP contribution in [0.4, 0.5) is 0 Å². The molecule has 2 atom stereocenters. The lowest BCUT2D eigenvalue weighted by Crippen LogP contribution is -2.33. The Hall–Kier alpha value is 0.360. The average molecular weight is 319 g/mol. The van der Waals surface area contributed by atoms with Gasteiger partial charge in [-0.3, -0.25) is 0 Å². The van der Waals surface area contributed by atoms with Crippen LogP contribution in [0.5, 0.6) is 0 Å². The zero-order valence-electron chi connectivity index (χ0n) is 9.57. The monoisotopic (exact) mass is 318 g/mol. The van der Waals surface area contributed by atoms with Gasteiger partial charge in [0.15, 0.2) is 0 Å². The molecule has 0 spiro atoms. The molecule has 4 heteroatoms. The van der Waals surface area contributed by atoms with Crippen molar-refractivity contribution in [2.24, 2.45) is 0 Å². The molecule has 1 aromatic carbocycles. The minimum absolute atomic E-state index is 0.178. The van der Waals surface area contributed by atoms with Crippen molar-refractivity contribution in [3.8, 4) is 0 Å². The van der Waals surface area contributed by atoms with Gasteiger partial charge in [-0.25, -0.2) is 0 Å². The molecule has 1 heterocycles. The van der Waals surface area contributed by atoms with Gasteiger partial charge in [0.25, 0.3) is 0 Å². The fourth-order valence-electron chi connectivity index (χ4n) is 1.93. The molecule has 0 bridgehead atoms. The highest BCUT2D eigenvalue weighted by atomic mass is 79.9. The Morgan fingerprint density at radius 2 is 1.88 bits per heavy atom. The summed E-state index contributed by atoms with van der Waals surface area (Å²) < 4.78 is 6.97. The van der Waals surface area contributed by atoms with Gasteiger partial charge in [-0.2, -0.15) is 0 Å². The van der Waals surface area contributed by atoms with Gasteiger partial charge in [0, 0.05) is 16.3 Å². The van der Waals surface area contributed by atoms with Gasteiger partial charge in [-0.1, -0.05) is 49.7 Å². The average Bonchev–Trinajstić information content (AvgIpc) is 2.54. The maximum absolute atomic E-state index is 5.67. The van der Waals surface area contributed by atoms with Crippen LogP contribution in [0.3, 0.4) is 0 Å². The second kappa shape index (κ2) is 4.92. The van der Waals surface area contributed by atoms with Crippen molar-refractivity contribution in [2.75, 3.05) is 7.11 Å². The maximum Gasteiger partial charge on any atom is 0.0888 e. The number of hydrogen-bond donors (Lipinski definition) is 0. The van der Waals surface area contributed by atoms with Crippen LogP contribution in [-0.4, -0.2) is 18.0 Å². The molecule has 16 heavy (non-hydrogen) atoms. The lowest BCUT2D eigenvalue weighted by molar-refractivity contribution is 0.0792. The summed E-state index contributed by atoms with van der Waals surface area (Å²) in [6, 6.07) is 8.54. The fraction of sp³-hybridized carbons (Fsp3) is 0.500. The van der Waals surface area contributed by atoms with Crippen LogP contribution in [0.1, 0.15) is 24.7 Å². The lowest BCUT2D eigenvalue weighted by atomic mass is 9.97. The van der Waals surface area contributed by atoms with Crippen molar-refractivity contribution in [3.05, 3.63) is 34.3 Å². The van der Waals surface area contributed by atoms with E-state index in [1.807, 2.05) is 28.7 Å².